The van der Waals surface area contributed by atoms with Crippen LogP contribution in [0.5, 0.6) is 0 Å². The number of nitrogens with zero attached hydrogens (tertiary/aromatic N) is 2. The second-order valence-corrected chi connectivity index (χ2v) is 10.5. The fourth-order valence-electron chi connectivity index (χ4n) is 5.59. The maximum atomic E-state index is 6.54. The molecule has 1 spiro atoms. The van der Waals surface area contributed by atoms with Gasteiger partial charge in [-0.3, -0.25) is 4.98 Å². The Bertz CT molecular complexity index is 922. The summed E-state index contributed by atoms with van der Waals surface area (Å²) in [5, 5.41) is 4.32. The number of hydrogen-bond acceptors (Lipinski definition) is 5. The average molecular weight is 455 g/mol. The number of hydrogen-bond donors (Lipinski definition) is 2. The Balaban J connectivity index is 1.21. The van der Waals surface area contributed by atoms with Crippen molar-refractivity contribution in [1.29, 1.82) is 0 Å². The molecule has 2 aliphatic carbocycles. The number of aromatic nitrogens is 2. The normalized spacial score (nSPS) is 26.8. The summed E-state index contributed by atoms with van der Waals surface area (Å²) in [6.45, 7) is 1.77. The van der Waals surface area contributed by atoms with Gasteiger partial charge < -0.3 is 15.8 Å². The minimum Gasteiger partial charge on any atom is -0.381 e. The standard InChI is InChI=1S/C26H35ClN4O/c27-22-17-29-20(4-1-3-18-7-9-19(28)10-8-18)15-21(22)23-5-2-6-25(30-23)31-24-16-26(24)11-13-32-14-12-26/h2,5-6,15,17-19,24H,1,3-4,7-14,16,28H2,(H,30,31)/t18?,19?,24-/m1/s1. The van der Waals surface area contributed by atoms with Gasteiger partial charge in [0.2, 0.25) is 0 Å². The van der Waals surface area contributed by atoms with E-state index in [-0.39, 0.29) is 0 Å². The Labute approximate surface area is 196 Å². The fraction of sp³-hybridized carbons (Fsp3) is 0.615. The third kappa shape index (κ3) is 5.11. The highest BCUT2D eigenvalue weighted by atomic mass is 35.5. The van der Waals surface area contributed by atoms with E-state index in [4.69, 9.17) is 27.1 Å². The molecule has 172 valence electrons. The van der Waals surface area contributed by atoms with Crippen molar-refractivity contribution in [2.75, 3.05) is 18.5 Å². The fourth-order valence-corrected chi connectivity index (χ4v) is 5.79. The van der Waals surface area contributed by atoms with E-state index in [1.807, 2.05) is 6.07 Å². The van der Waals surface area contributed by atoms with E-state index in [2.05, 4.69) is 28.5 Å². The Morgan fingerprint density at radius 2 is 1.97 bits per heavy atom. The quantitative estimate of drug-likeness (QED) is 0.568. The van der Waals surface area contributed by atoms with Crippen molar-refractivity contribution in [2.45, 2.75) is 76.3 Å². The van der Waals surface area contributed by atoms with E-state index in [0.29, 0.717) is 22.5 Å². The lowest BCUT2D eigenvalue weighted by Crippen LogP contribution is -2.26. The largest absolute Gasteiger partial charge is 0.381 e. The first-order chi connectivity index (χ1) is 15.6. The Morgan fingerprint density at radius 3 is 2.78 bits per heavy atom. The number of halogens is 1. The van der Waals surface area contributed by atoms with Crippen LogP contribution >= 0.6 is 11.6 Å². The van der Waals surface area contributed by atoms with Crippen LogP contribution in [0.3, 0.4) is 0 Å². The van der Waals surface area contributed by atoms with Crippen molar-refractivity contribution in [3.05, 3.63) is 41.2 Å². The molecule has 0 radical (unpaired) electrons. The van der Waals surface area contributed by atoms with Crippen LogP contribution in [0.4, 0.5) is 5.82 Å². The molecule has 0 amide bonds. The van der Waals surface area contributed by atoms with Gasteiger partial charge >= 0.3 is 0 Å². The van der Waals surface area contributed by atoms with Crippen molar-refractivity contribution in [2.24, 2.45) is 17.1 Å². The van der Waals surface area contributed by atoms with Gasteiger partial charge in [-0.05, 0) is 87.3 Å². The van der Waals surface area contributed by atoms with Crippen LogP contribution in [0, 0.1) is 11.3 Å². The molecule has 32 heavy (non-hydrogen) atoms. The van der Waals surface area contributed by atoms with Crippen LogP contribution in [0.25, 0.3) is 11.3 Å². The van der Waals surface area contributed by atoms with E-state index >= 15 is 0 Å². The monoisotopic (exact) mass is 454 g/mol. The lowest BCUT2D eigenvalue weighted by Gasteiger charge is -2.25. The summed E-state index contributed by atoms with van der Waals surface area (Å²) in [6, 6.07) is 9.22. The number of ether oxygens (including phenoxy) is 1. The van der Waals surface area contributed by atoms with Gasteiger partial charge in [-0.25, -0.2) is 4.98 Å². The number of pyridine rings is 2. The SMILES string of the molecule is NC1CCC(CCCc2cc(-c3cccc(N[C@@H]4CC45CCOCC5)n3)c(Cl)cn2)CC1. The third-order valence-electron chi connectivity index (χ3n) is 7.87. The Hall–Kier alpha value is -1.69. The molecule has 1 atom stereocenters. The molecule has 2 saturated carbocycles. The van der Waals surface area contributed by atoms with Crippen molar-refractivity contribution >= 4 is 17.4 Å². The smallest absolute Gasteiger partial charge is 0.126 e. The van der Waals surface area contributed by atoms with Gasteiger partial charge in [-0.1, -0.05) is 24.1 Å². The second kappa shape index (κ2) is 9.66. The van der Waals surface area contributed by atoms with Crippen LogP contribution in [-0.2, 0) is 11.2 Å². The highest BCUT2D eigenvalue weighted by Gasteiger charge is 2.54. The van der Waals surface area contributed by atoms with E-state index in [1.165, 1.54) is 38.5 Å². The first kappa shape index (κ1) is 22.1. The average Bonchev–Trinajstić information content (AvgIpc) is 3.46. The molecule has 0 unspecified atom stereocenters. The molecule has 3 fully saturated rings. The molecular weight excluding hydrogens is 420 g/mol. The molecule has 0 bridgehead atoms. The number of nitrogens with one attached hydrogen (secondary N) is 1. The van der Waals surface area contributed by atoms with Crippen LogP contribution in [0.1, 0.15) is 63.5 Å². The van der Waals surface area contributed by atoms with Crippen molar-refractivity contribution < 1.29 is 4.74 Å². The van der Waals surface area contributed by atoms with Gasteiger partial charge in [0, 0.05) is 42.8 Å². The van der Waals surface area contributed by atoms with Gasteiger partial charge in [0.25, 0.3) is 0 Å². The van der Waals surface area contributed by atoms with Gasteiger partial charge in [-0.15, -0.1) is 0 Å². The van der Waals surface area contributed by atoms with Crippen molar-refractivity contribution in [3.8, 4) is 11.3 Å². The second-order valence-electron chi connectivity index (χ2n) is 10.1. The van der Waals surface area contributed by atoms with Crippen molar-refractivity contribution in [1.82, 2.24) is 9.97 Å². The van der Waals surface area contributed by atoms with Crippen LogP contribution in [0.15, 0.2) is 30.5 Å². The number of anilines is 1. The van der Waals surface area contributed by atoms with E-state index < -0.39 is 0 Å². The summed E-state index contributed by atoms with van der Waals surface area (Å²) >= 11 is 6.54. The van der Waals surface area contributed by atoms with E-state index in [0.717, 1.165) is 67.6 Å². The number of nitrogens with two attached hydrogens (primary N) is 1. The molecule has 5 rings (SSSR count). The van der Waals surface area contributed by atoms with Crippen molar-refractivity contribution in [3.63, 3.8) is 0 Å². The molecule has 2 aromatic heterocycles. The summed E-state index contributed by atoms with van der Waals surface area (Å²) in [5.74, 6) is 1.76. The predicted molar refractivity (Wildman–Crippen MR) is 130 cm³/mol. The molecule has 3 aliphatic rings. The van der Waals surface area contributed by atoms with Gasteiger partial charge in [0.1, 0.15) is 5.82 Å². The van der Waals surface area contributed by atoms with E-state index in [1.54, 1.807) is 6.20 Å². The molecule has 6 heteroatoms. The zero-order valence-corrected chi connectivity index (χ0v) is 19.6. The first-order valence-electron chi connectivity index (χ1n) is 12.3. The molecule has 1 aliphatic heterocycles. The van der Waals surface area contributed by atoms with E-state index in [9.17, 15) is 0 Å². The molecule has 1 saturated heterocycles. The Morgan fingerprint density at radius 1 is 1.16 bits per heavy atom. The maximum absolute atomic E-state index is 6.54. The minimum absolute atomic E-state index is 0.417. The molecule has 2 aromatic rings. The van der Waals surface area contributed by atoms with Crippen LogP contribution < -0.4 is 11.1 Å². The summed E-state index contributed by atoms with van der Waals surface area (Å²) in [5.41, 5.74) is 9.44. The lowest BCUT2D eigenvalue weighted by atomic mass is 9.83. The molecule has 5 nitrogen and oxygen atoms in total. The zero-order chi connectivity index (χ0) is 22.0. The summed E-state index contributed by atoms with van der Waals surface area (Å²) in [7, 11) is 0. The van der Waals surface area contributed by atoms with Gasteiger partial charge in [0.05, 0.1) is 10.7 Å². The molecule has 0 aromatic carbocycles. The minimum atomic E-state index is 0.417. The number of rotatable bonds is 7. The molecule has 3 heterocycles. The predicted octanol–water partition coefficient (Wildman–Crippen LogP) is 5.62. The highest BCUT2D eigenvalue weighted by molar-refractivity contribution is 6.33. The summed E-state index contributed by atoms with van der Waals surface area (Å²) in [6.07, 6.45) is 13.6. The van der Waals surface area contributed by atoms with Gasteiger partial charge in [0.15, 0.2) is 0 Å². The first-order valence-corrected chi connectivity index (χ1v) is 12.7. The zero-order valence-electron chi connectivity index (χ0n) is 18.9. The summed E-state index contributed by atoms with van der Waals surface area (Å²) in [4.78, 5) is 9.49. The van der Waals surface area contributed by atoms with Crippen LogP contribution in [0.2, 0.25) is 5.02 Å². The highest BCUT2D eigenvalue weighted by Crippen LogP contribution is 2.54. The lowest BCUT2D eigenvalue weighted by molar-refractivity contribution is 0.0567. The van der Waals surface area contributed by atoms with Crippen LogP contribution in [-0.4, -0.2) is 35.3 Å². The maximum Gasteiger partial charge on any atom is 0.126 e. The molecular formula is C26H35ClN4O. The summed E-state index contributed by atoms with van der Waals surface area (Å²) < 4.78 is 5.54. The topological polar surface area (TPSA) is 73.1 Å². The number of aryl methyl sites for hydroxylation is 1. The van der Waals surface area contributed by atoms with Gasteiger partial charge in [-0.2, -0.15) is 0 Å². The molecule has 3 N–H and O–H groups in total. The third-order valence-corrected chi connectivity index (χ3v) is 8.18. The Kier molecular flexibility index (Phi) is 6.68.